The van der Waals surface area contributed by atoms with Gasteiger partial charge in [0.05, 0.1) is 11.4 Å². The SMILES string of the molecule is COCCCn1cc(CN(C(=O)[C@@H]2CNCC[C@H]2c2ccn(C)c(=O)c2)C2CC2)c2c(F)cccc21. The lowest BCUT2D eigenvalue weighted by molar-refractivity contribution is -0.138. The Kier molecular flexibility index (Phi) is 7.25. The Bertz CT molecular complexity index is 1300. The molecule has 1 saturated heterocycles. The number of benzene rings is 1. The molecule has 1 saturated carbocycles. The second-order valence-corrected chi connectivity index (χ2v) is 10.1. The number of aromatic nitrogens is 2. The number of amides is 1. The van der Waals surface area contributed by atoms with Crippen LogP contribution in [0.4, 0.5) is 4.39 Å². The number of nitrogens with zero attached hydrogens (tertiary/aromatic N) is 3. The fourth-order valence-electron chi connectivity index (χ4n) is 5.56. The zero-order valence-corrected chi connectivity index (χ0v) is 21.1. The highest BCUT2D eigenvalue weighted by atomic mass is 19.1. The second-order valence-electron chi connectivity index (χ2n) is 10.1. The fraction of sp³-hybridized carbons (Fsp3) is 0.500. The highest BCUT2D eigenvalue weighted by Crippen LogP contribution is 2.37. The number of hydrogen-bond acceptors (Lipinski definition) is 4. The van der Waals surface area contributed by atoms with E-state index in [2.05, 4.69) is 9.88 Å². The lowest BCUT2D eigenvalue weighted by atomic mass is 9.80. The van der Waals surface area contributed by atoms with Gasteiger partial charge in [0.25, 0.3) is 5.56 Å². The van der Waals surface area contributed by atoms with Gasteiger partial charge in [0, 0.05) is 70.3 Å². The summed E-state index contributed by atoms with van der Waals surface area (Å²) < 4.78 is 23.9. The van der Waals surface area contributed by atoms with Crippen molar-refractivity contribution in [3.63, 3.8) is 0 Å². The molecule has 2 atom stereocenters. The summed E-state index contributed by atoms with van der Waals surface area (Å²) in [6, 6.07) is 8.98. The van der Waals surface area contributed by atoms with Crippen LogP contribution in [0, 0.1) is 11.7 Å². The van der Waals surface area contributed by atoms with Gasteiger partial charge in [0.1, 0.15) is 5.82 Å². The molecule has 0 unspecified atom stereocenters. The summed E-state index contributed by atoms with van der Waals surface area (Å²) in [4.78, 5) is 28.3. The number of carbonyl (C=O) groups excluding carboxylic acids is 1. The first-order chi connectivity index (χ1) is 17.5. The first-order valence-electron chi connectivity index (χ1n) is 12.9. The van der Waals surface area contributed by atoms with E-state index in [0.717, 1.165) is 55.4 Å². The lowest BCUT2D eigenvalue weighted by Gasteiger charge is -2.35. The fourth-order valence-corrected chi connectivity index (χ4v) is 5.56. The van der Waals surface area contributed by atoms with Gasteiger partial charge in [-0.05, 0) is 67.5 Å². The van der Waals surface area contributed by atoms with E-state index in [1.807, 2.05) is 23.2 Å². The molecule has 1 aliphatic carbocycles. The smallest absolute Gasteiger partial charge is 0.250 e. The second kappa shape index (κ2) is 10.6. The van der Waals surface area contributed by atoms with Gasteiger partial charge in [0.15, 0.2) is 0 Å². The molecule has 5 rings (SSSR count). The van der Waals surface area contributed by atoms with E-state index in [1.165, 1.54) is 6.07 Å². The van der Waals surface area contributed by atoms with Crippen molar-refractivity contribution in [3.05, 3.63) is 70.0 Å². The van der Waals surface area contributed by atoms with Crippen LogP contribution in [0.3, 0.4) is 0 Å². The zero-order chi connectivity index (χ0) is 25.2. The predicted molar refractivity (Wildman–Crippen MR) is 137 cm³/mol. The molecule has 0 spiro atoms. The number of ether oxygens (including phenoxy) is 1. The van der Waals surface area contributed by atoms with E-state index in [1.54, 1.807) is 37.1 Å². The van der Waals surface area contributed by atoms with Gasteiger partial charge >= 0.3 is 0 Å². The monoisotopic (exact) mass is 494 g/mol. The van der Waals surface area contributed by atoms with E-state index in [-0.39, 0.29) is 35.2 Å². The summed E-state index contributed by atoms with van der Waals surface area (Å²) in [5.74, 6) is -0.437. The number of aryl methyl sites for hydroxylation is 2. The third-order valence-corrected chi connectivity index (χ3v) is 7.65. The van der Waals surface area contributed by atoms with E-state index in [9.17, 15) is 9.59 Å². The summed E-state index contributed by atoms with van der Waals surface area (Å²) in [5, 5.41) is 3.98. The van der Waals surface area contributed by atoms with Crippen LogP contribution in [0.15, 0.2) is 47.5 Å². The Hall–Kier alpha value is -2.97. The normalized spacial score (nSPS) is 20.1. The lowest BCUT2D eigenvalue weighted by Crippen LogP contribution is -2.47. The number of fused-ring (bicyclic) bond motifs is 1. The van der Waals surface area contributed by atoms with Gasteiger partial charge in [-0.25, -0.2) is 4.39 Å². The van der Waals surface area contributed by atoms with Crippen molar-refractivity contribution in [2.75, 3.05) is 26.8 Å². The average Bonchev–Trinajstić information content (AvgIpc) is 3.66. The number of nitrogens with one attached hydrogen (secondary N) is 1. The van der Waals surface area contributed by atoms with Crippen LogP contribution >= 0.6 is 0 Å². The minimum Gasteiger partial charge on any atom is -0.385 e. The highest BCUT2D eigenvalue weighted by Gasteiger charge is 2.40. The van der Waals surface area contributed by atoms with Gasteiger partial charge in [-0.3, -0.25) is 9.59 Å². The van der Waals surface area contributed by atoms with Crippen LogP contribution in [0.1, 0.15) is 42.7 Å². The number of rotatable bonds is 9. The summed E-state index contributed by atoms with van der Waals surface area (Å²) in [6.07, 6.45) is 7.35. The minimum atomic E-state index is -0.258. The zero-order valence-electron chi connectivity index (χ0n) is 21.1. The van der Waals surface area contributed by atoms with Crippen molar-refractivity contribution in [3.8, 4) is 0 Å². The van der Waals surface area contributed by atoms with Gasteiger partial charge in [-0.15, -0.1) is 0 Å². The van der Waals surface area contributed by atoms with E-state index >= 15 is 4.39 Å². The number of carbonyl (C=O) groups is 1. The number of hydrogen-bond donors (Lipinski definition) is 1. The molecule has 0 bridgehead atoms. The van der Waals surface area contributed by atoms with Crippen molar-refractivity contribution in [2.45, 2.75) is 50.7 Å². The Morgan fingerprint density at radius 2 is 2.08 bits per heavy atom. The molecule has 192 valence electrons. The van der Waals surface area contributed by atoms with Crippen LogP contribution in [0.5, 0.6) is 0 Å². The molecule has 1 amide bonds. The van der Waals surface area contributed by atoms with Gasteiger partial charge < -0.3 is 24.1 Å². The minimum absolute atomic E-state index is 0.0129. The topological polar surface area (TPSA) is 68.5 Å². The van der Waals surface area contributed by atoms with Crippen molar-refractivity contribution in [2.24, 2.45) is 13.0 Å². The number of halogens is 1. The standard InChI is InChI=1S/C28H35FN4O3/c1-31-13-10-19(15-26(31)34)22-9-11-30-16-23(22)28(35)33(21-7-8-21)18-20-17-32(12-4-14-36-2)25-6-3-5-24(29)27(20)25/h3,5-6,10,13,15,17,21-23,30H,4,7-9,11-12,14,16,18H2,1-2H3/t22-,23+/m0/s1. The molecule has 36 heavy (non-hydrogen) atoms. The Balaban J connectivity index is 1.44. The third-order valence-electron chi connectivity index (χ3n) is 7.65. The molecular weight excluding hydrogens is 459 g/mol. The summed E-state index contributed by atoms with van der Waals surface area (Å²) >= 11 is 0. The van der Waals surface area contributed by atoms with Crippen LogP contribution < -0.4 is 10.9 Å². The van der Waals surface area contributed by atoms with Crippen LogP contribution in [0.25, 0.3) is 10.9 Å². The summed E-state index contributed by atoms with van der Waals surface area (Å²) in [6.45, 7) is 3.14. The molecule has 2 fully saturated rings. The molecule has 8 heteroatoms. The predicted octanol–water partition coefficient (Wildman–Crippen LogP) is 3.40. The largest absolute Gasteiger partial charge is 0.385 e. The Labute approximate surface area is 210 Å². The maximum Gasteiger partial charge on any atom is 0.250 e. The van der Waals surface area contributed by atoms with Gasteiger partial charge in [-0.2, -0.15) is 0 Å². The highest BCUT2D eigenvalue weighted by molar-refractivity contribution is 5.86. The summed E-state index contributed by atoms with van der Waals surface area (Å²) in [5.41, 5.74) is 2.55. The van der Waals surface area contributed by atoms with Crippen molar-refractivity contribution in [1.82, 2.24) is 19.4 Å². The van der Waals surface area contributed by atoms with Crippen LogP contribution in [-0.2, 0) is 29.7 Å². The average molecular weight is 495 g/mol. The first-order valence-corrected chi connectivity index (χ1v) is 12.9. The molecule has 1 aromatic carbocycles. The molecule has 7 nitrogen and oxygen atoms in total. The van der Waals surface area contributed by atoms with Crippen LogP contribution in [0.2, 0.25) is 0 Å². The van der Waals surface area contributed by atoms with Crippen LogP contribution in [-0.4, -0.2) is 52.8 Å². The van der Waals surface area contributed by atoms with Gasteiger partial charge in [-0.1, -0.05) is 6.07 Å². The molecule has 1 N–H and O–H groups in total. The molecule has 3 aromatic rings. The number of piperidine rings is 1. The van der Waals surface area contributed by atoms with Crippen molar-refractivity contribution >= 4 is 16.8 Å². The number of methoxy groups -OCH3 is 1. The Morgan fingerprint density at radius 1 is 1.25 bits per heavy atom. The summed E-state index contributed by atoms with van der Waals surface area (Å²) in [7, 11) is 3.41. The molecular formula is C28H35FN4O3. The Morgan fingerprint density at radius 3 is 2.83 bits per heavy atom. The maximum atomic E-state index is 15.0. The molecule has 2 aromatic heterocycles. The van der Waals surface area contributed by atoms with E-state index in [4.69, 9.17) is 4.74 Å². The molecule has 1 aliphatic heterocycles. The molecule has 3 heterocycles. The number of pyridine rings is 1. The van der Waals surface area contributed by atoms with Crippen molar-refractivity contribution < 1.29 is 13.9 Å². The van der Waals surface area contributed by atoms with Crippen molar-refractivity contribution in [1.29, 1.82) is 0 Å². The van der Waals surface area contributed by atoms with Gasteiger partial charge in [0.2, 0.25) is 5.91 Å². The first kappa shape index (κ1) is 24.7. The van der Waals surface area contributed by atoms with E-state index in [0.29, 0.717) is 25.1 Å². The third kappa shape index (κ3) is 4.97. The maximum absolute atomic E-state index is 15.0. The molecule has 2 aliphatic rings. The quantitative estimate of drug-likeness (QED) is 0.463. The molecule has 0 radical (unpaired) electrons. The van der Waals surface area contributed by atoms with E-state index < -0.39 is 0 Å².